The molecular weight excluding hydrogens is 400 g/mol. The first-order valence-corrected chi connectivity index (χ1v) is 10.2. The molecule has 0 aromatic heterocycles. The van der Waals surface area contributed by atoms with E-state index in [1.165, 1.54) is 0 Å². The van der Waals surface area contributed by atoms with Crippen LogP contribution in [0.25, 0.3) is 0 Å². The van der Waals surface area contributed by atoms with Gasteiger partial charge in [0.2, 0.25) is 0 Å². The average molecular weight is 419 g/mol. The highest BCUT2D eigenvalue weighted by Crippen LogP contribution is 2.64. The molecule has 8 heteroatoms. The normalized spacial score (nSPS) is 21.8. The van der Waals surface area contributed by atoms with Crippen LogP contribution in [0.15, 0.2) is 28.7 Å². The van der Waals surface area contributed by atoms with Gasteiger partial charge in [0.1, 0.15) is 0 Å². The molecule has 1 aromatic rings. The largest absolute Gasteiger partial charge is 0.465 e. The lowest BCUT2D eigenvalue weighted by molar-refractivity contribution is -0.164. The van der Waals surface area contributed by atoms with Crippen molar-refractivity contribution >= 4 is 37.7 Å². The molecule has 6 nitrogen and oxygen atoms in total. The molecule has 2 rings (SSSR count). The molecule has 0 aliphatic heterocycles. The lowest BCUT2D eigenvalue weighted by Crippen LogP contribution is -2.35. The zero-order chi connectivity index (χ0) is 18.1. The van der Waals surface area contributed by atoms with Crippen molar-refractivity contribution in [3.05, 3.63) is 34.3 Å². The van der Waals surface area contributed by atoms with Crippen molar-refractivity contribution in [3.8, 4) is 0 Å². The maximum Gasteiger partial charge on any atom is 0.325 e. The molecule has 1 aromatic carbocycles. The Bertz CT molecular complexity index is 722. The Morgan fingerprint density at radius 2 is 1.54 bits per heavy atom. The van der Waals surface area contributed by atoms with Crippen LogP contribution in [-0.2, 0) is 28.9 Å². The Labute approximate surface area is 149 Å². The molecule has 1 aliphatic rings. The van der Waals surface area contributed by atoms with Crippen molar-refractivity contribution in [3.63, 3.8) is 0 Å². The summed E-state index contributed by atoms with van der Waals surface area (Å²) in [4.78, 5) is 25.1. The lowest BCUT2D eigenvalue weighted by atomic mass is 9.99. The van der Waals surface area contributed by atoms with Crippen LogP contribution in [0, 0.1) is 5.41 Å². The van der Waals surface area contributed by atoms with E-state index in [1.54, 1.807) is 38.1 Å². The molecule has 0 heterocycles. The Morgan fingerprint density at radius 3 is 1.92 bits per heavy atom. The van der Waals surface area contributed by atoms with Gasteiger partial charge in [0.25, 0.3) is 0 Å². The van der Waals surface area contributed by atoms with Gasteiger partial charge in [0, 0.05) is 16.6 Å². The number of carbonyl (C=O) groups excluding carboxylic acids is 2. The maximum atomic E-state index is 12.6. The second-order valence-corrected chi connectivity index (χ2v) is 8.67. The van der Waals surface area contributed by atoms with Crippen molar-refractivity contribution in [1.82, 2.24) is 0 Å². The van der Waals surface area contributed by atoms with E-state index >= 15 is 0 Å². The summed E-state index contributed by atoms with van der Waals surface area (Å²) in [6.45, 7) is 3.29. The molecule has 0 saturated heterocycles. The number of rotatable bonds is 6. The number of carbonyl (C=O) groups is 2. The highest BCUT2D eigenvalue weighted by Gasteiger charge is 2.80. The number of hydrogen-bond acceptors (Lipinski definition) is 6. The van der Waals surface area contributed by atoms with Gasteiger partial charge in [0.05, 0.1) is 18.5 Å². The van der Waals surface area contributed by atoms with Crippen LogP contribution in [0.4, 0.5) is 0 Å². The lowest BCUT2D eigenvalue weighted by Gasteiger charge is -2.15. The van der Waals surface area contributed by atoms with E-state index in [0.717, 1.165) is 10.7 Å². The van der Waals surface area contributed by atoms with E-state index in [4.69, 9.17) is 9.47 Å². The summed E-state index contributed by atoms with van der Waals surface area (Å²) in [5.41, 5.74) is -1.26. The van der Waals surface area contributed by atoms with E-state index in [2.05, 4.69) is 15.9 Å². The van der Waals surface area contributed by atoms with Gasteiger partial charge < -0.3 is 9.47 Å². The van der Waals surface area contributed by atoms with Crippen LogP contribution in [0.3, 0.4) is 0 Å². The van der Waals surface area contributed by atoms with Crippen LogP contribution in [0.2, 0.25) is 0 Å². The average Bonchev–Trinajstić information content (AvgIpc) is 3.20. The number of benzene rings is 1. The third-order valence-electron chi connectivity index (χ3n) is 4.05. The molecule has 1 saturated carbocycles. The summed E-state index contributed by atoms with van der Waals surface area (Å²) in [5, 5.41) is -1.19. The van der Waals surface area contributed by atoms with Gasteiger partial charge in [-0.3, -0.25) is 9.59 Å². The summed E-state index contributed by atoms with van der Waals surface area (Å²) in [7, 11) is -3.68. The molecular formula is C16H19BrO6S. The summed E-state index contributed by atoms with van der Waals surface area (Å²) in [6, 6.07) is 6.84. The number of hydrogen-bond donors (Lipinski definition) is 0. The second kappa shape index (κ2) is 6.84. The minimum absolute atomic E-state index is 0.0452. The van der Waals surface area contributed by atoms with E-state index in [0.29, 0.717) is 5.56 Å². The van der Waals surface area contributed by atoms with Crippen molar-refractivity contribution < 1.29 is 27.5 Å². The van der Waals surface area contributed by atoms with Gasteiger partial charge in [-0.1, -0.05) is 28.1 Å². The van der Waals surface area contributed by atoms with Gasteiger partial charge in [-0.2, -0.15) is 0 Å². The van der Waals surface area contributed by atoms with Gasteiger partial charge in [-0.15, -0.1) is 0 Å². The molecule has 2 atom stereocenters. The molecule has 0 radical (unpaired) electrons. The van der Waals surface area contributed by atoms with Gasteiger partial charge in [0.15, 0.2) is 15.3 Å². The first-order valence-electron chi connectivity index (χ1n) is 7.50. The molecule has 0 spiro atoms. The van der Waals surface area contributed by atoms with E-state index in [9.17, 15) is 18.0 Å². The molecule has 0 N–H and O–H groups in total. The topological polar surface area (TPSA) is 86.7 Å². The molecule has 1 fully saturated rings. The number of sulfone groups is 1. The van der Waals surface area contributed by atoms with Crippen LogP contribution in [-0.4, -0.2) is 45.1 Å². The SMILES string of the molecule is CCOC(=O)C1(C(=O)OCC)[C@H](c2ccc(Br)cc2)[C@@H]1S(C)(=O)=O. The molecule has 132 valence electrons. The fraction of sp³-hybridized carbons (Fsp3) is 0.500. The summed E-state index contributed by atoms with van der Waals surface area (Å²) >= 11 is 3.30. The Kier molecular flexibility index (Phi) is 5.39. The zero-order valence-electron chi connectivity index (χ0n) is 13.6. The standard InChI is InChI=1S/C16H19BrO6S/c1-4-22-14(18)16(15(19)23-5-2)12(13(16)24(3,20)21)10-6-8-11(17)9-7-10/h6-9,12-13H,4-5H2,1-3H3/t12-,13+/m1/s1. The first-order chi connectivity index (χ1) is 11.2. The predicted octanol–water partition coefficient (Wildman–Crippen LogP) is 2.07. The molecule has 0 unspecified atom stereocenters. The smallest absolute Gasteiger partial charge is 0.325 e. The molecule has 24 heavy (non-hydrogen) atoms. The Morgan fingerprint density at radius 1 is 1.08 bits per heavy atom. The van der Waals surface area contributed by atoms with Crippen molar-refractivity contribution in [2.75, 3.05) is 19.5 Å². The van der Waals surface area contributed by atoms with Gasteiger partial charge in [-0.05, 0) is 31.5 Å². The van der Waals surface area contributed by atoms with E-state index in [-0.39, 0.29) is 13.2 Å². The molecule has 1 aliphatic carbocycles. The van der Waals surface area contributed by atoms with Gasteiger partial charge in [-0.25, -0.2) is 8.42 Å². The third-order valence-corrected chi connectivity index (χ3v) is 6.14. The highest BCUT2D eigenvalue weighted by atomic mass is 79.9. The van der Waals surface area contributed by atoms with Crippen molar-refractivity contribution in [2.45, 2.75) is 25.0 Å². The first kappa shape index (κ1) is 18.9. The fourth-order valence-corrected chi connectivity index (χ4v) is 5.19. The fourth-order valence-electron chi connectivity index (χ4n) is 3.12. The van der Waals surface area contributed by atoms with Crippen LogP contribution in [0.1, 0.15) is 25.3 Å². The second-order valence-electron chi connectivity index (χ2n) is 5.59. The van der Waals surface area contributed by atoms with Crippen molar-refractivity contribution in [2.24, 2.45) is 5.41 Å². The minimum Gasteiger partial charge on any atom is -0.465 e. The monoisotopic (exact) mass is 418 g/mol. The molecule has 0 bridgehead atoms. The highest BCUT2D eigenvalue weighted by molar-refractivity contribution is 9.10. The van der Waals surface area contributed by atoms with Crippen LogP contribution < -0.4 is 0 Å². The van der Waals surface area contributed by atoms with Crippen LogP contribution in [0.5, 0.6) is 0 Å². The minimum atomic E-state index is -3.68. The van der Waals surface area contributed by atoms with Crippen LogP contribution >= 0.6 is 15.9 Å². The predicted molar refractivity (Wildman–Crippen MR) is 91.2 cm³/mol. The summed E-state index contributed by atoms with van der Waals surface area (Å²) in [6.07, 6.45) is 1.02. The number of halogens is 1. The van der Waals surface area contributed by atoms with E-state index < -0.39 is 38.4 Å². The van der Waals surface area contributed by atoms with E-state index in [1.807, 2.05) is 0 Å². The number of ether oxygens (including phenoxy) is 2. The summed E-state index contributed by atoms with van der Waals surface area (Å²) in [5.74, 6) is -2.53. The maximum absolute atomic E-state index is 12.6. The van der Waals surface area contributed by atoms with Gasteiger partial charge >= 0.3 is 11.9 Å². The Balaban J connectivity index is 2.58. The molecule has 0 amide bonds. The quantitative estimate of drug-likeness (QED) is 0.519. The number of esters is 2. The Hall–Kier alpha value is -1.41. The third kappa shape index (κ3) is 3.09. The zero-order valence-corrected chi connectivity index (χ0v) is 16.0. The van der Waals surface area contributed by atoms with Crippen molar-refractivity contribution in [1.29, 1.82) is 0 Å². The summed E-state index contributed by atoms with van der Waals surface area (Å²) < 4.78 is 35.4.